The molecule has 26 heavy (non-hydrogen) atoms. The van der Waals surface area contributed by atoms with Gasteiger partial charge in [0, 0.05) is 17.9 Å². The van der Waals surface area contributed by atoms with Gasteiger partial charge in [0.05, 0.1) is 7.11 Å². The van der Waals surface area contributed by atoms with Crippen LogP contribution in [0.15, 0.2) is 77.7 Å². The average molecular weight is 350 g/mol. The molecule has 1 heterocycles. The molecule has 1 aromatic carbocycles. The maximum absolute atomic E-state index is 12.6. The molecule has 0 aromatic heterocycles. The van der Waals surface area contributed by atoms with Crippen LogP contribution in [0.2, 0.25) is 0 Å². The Morgan fingerprint density at radius 1 is 1.23 bits per heavy atom. The number of rotatable bonds is 4. The molecule has 4 nitrogen and oxygen atoms in total. The van der Waals surface area contributed by atoms with E-state index in [1.54, 1.807) is 0 Å². The molecule has 0 N–H and O–H groups in total. The molecular formula is C22H26N2O2. The molecule has 0 fully saturated rings. The zero-order valence-electron chi connectivity index (χ0n) is 15.7. The third kappa shape index (κ3) is 3.45. The second kappa shape index (κ2) is 8.09. The van der Waals surface area contributed by atoms with Crippen molar-refractivity contribution in [1.82, 2.24) is 4.90 Å². The summed E-state index contributed by atoms with van der Waals surface area (Å²) in [5.74, 6) is -0.278. The fraction of sp³-hybridized carbons (Fsp3) is 0.318. The summed E-state index contributed by atoms with van der Waals surface area (Å²) in [6.45, 7) is 4.88. The topological polar surface area (TPSA) is 32.8 Å². The van der Waals surface area contributed by atoms with E-state index in [1.807, 2.05) is 25.1 Å². The molecule has 0 amide bonds. The summed E-state index contributed by atoms with van der Waals surface area (Å²) < 4.78 is 5.12. The molecule has 2 aliphatic rings. The summed E-state index contributed by atoms with van der Waals surface area (Å²) >= 11 is 0. The van der Waals surface area contributed by atoms with Crippen LogP contribution in [0.3, 0.4) is 0 Å². The Kier molecular flexibility index (Phi) is 5.61. The third-order valence-corrected chi connectivity index (χ3v) is 4.80. The highest BCUT2D eigenvalue weighted by Crippen LogP contribution is 2.34. The number of benzene rings is 1. The van der Waals surface area contributed by atoms with Crippen LogP contribution < -0.4 is 4.90 Å². The summed E-state index contributed by atoms with van der Waals surface area (Å²) in [6.07, 6.45) is 12.2. The monoisotopic (exact) mass is 350 g/mol. The zero-order valence-corrected chi connectivity index (χ0v) is 15.7. The van der Waals surface area contributed by atoms with E-state index in [2.05, 4.69) is 59.2 Å². The summed E-state index contributed by atoms with van der Waals surface area (Å²) in [5.41, 5.74) is 3.85. The van der Waals surface area contributed by atoms with Crippen molar-refractivity contribution in [3.05, 3.63) is 77.7 Å². The predicted molar refractivity (Wildman–Crippen MR) is 105 cm³/mol. The van der Waals surface area contributed by atoms with Crippen LogP contribution >= 0.6 is 0 Å². The summed E-state index contributed by atoms with van der Waals surface area (Å²) in [4.78, 5) is 17.1. The van der Waals surface area contributed by atoms with Crippen molar-refractivity contribution in [2.24, 2.45) is 0 Å². The van der Waals surface area contributed by atoms with E-state index in [1.165, 1.54) is 7.11 Å². The van der Waals surface area contributed by atoms with Gasteiger partial charge < -0.3 is 14.5 Å². The van der Waals surface area contributed by atoms with Gasteiger partial charge in [-0.3, -0.25) is 0 Å². The Morgan fingerprint density at radius 2 is 2.00 bits per heavy atom. The Hall–Kier alpha value is -2.75. The minimum atomic E-state index is -0.278. The Balaban J connectivity index is 2.11. The first-order chi connectivity index (χ1) is 12.7. The number of nitrogens with zero attached hydrogens (tertiary/aromatic N) is 2. The minimum absolute atomic E-state index is 0.0456. The first kappa shape index (κ1) is 18.1. The Bertz CT molecular complexity index is 775. The molecule has 1 aromatic rings. The van der Waals surface area contributed by atoms with Crippen LogP contribution in [-0.2, 0) is 9.53 Å². The fourth-order valence-corrected chi connectivity index (χ4v) is 3.63. The second-order valence-electron chi connectivity index (χ2n) is 6.49. The zero-order chi connectivity index (χ0) is 18.5. The van der Waals surface area contributed by atoms with Gasteiger partial charge in [-0.2, -0.15) is 0 Å². The van der Waals surface area contributed by atoms with E-state index in [9.17, 15) is 4.79 Å². The van der Waals surface area contributed by atoms with E-state index >= 15 is 0 Å². The van der Waals surface area contributed by atoms with Gasteiger partial charge >= 0.3 is 5.97 Å². The van der Waals surface area contributed by atoms with Crippen molar-refractivity contribution in [2.45, 2.75) is 32.9 Å². The van der Waals surface area contributed by atoms with Gasteiger partial charge in [0.2, 0.25) is 0 Å². The molecule has 3 rings (SSSR count). The summed E-state index contributed by atoms with van der Waals surface area (Å²) in [7, 11) is 1.45. The van der Waals surface area contributed by atoms with Crippen molar-refractivity contribution in [1.29, 1.82) is 0 Å². The molecule has 1 aliphatic heterocycles. The number of anilines is 1. The van der Waals surface area contributed by atoms with Crippen molar-refractivity contribution >= 4 is 11.7 Å². The van der Waals surface area contributed by atoms with Crippen LogP contribution in [0, 0.1) is 0 Å². The van der Waals surface area contributed by atoms with Crippen LogP contribution in [0.5, 0.6) is 0 Å². The highest BCUT2D eigenvalue weighted by molar-refractivity contribution is 5.90. The molecule has 0 saturated carbocycles. The standard InChI is InChI=1S/C22H26N2O2/c1-4-20-23(18-12-10-7-11-13-18)16-17(2)21(22(25)26-3)24(20)19-14-8-5-6-9-15-19/h5-8,10-15,20H,4,9,16H2,1-3H3. The van der Waals surface area contributed by atoms with Gasteiger partial charge in [-0.1, -0.05) is 49.4 Å². The first-order valence-corrected chi connectivity index (χ1v) is 9.09. The number of methoxy groups -OCH3 is 1. The largest absolute Gasteiger partial charge is 0.464 e. The lowest BCUT2D eigenvalue weighted by atomic mass is 10.0. The highest BCUT2D eigenvalue weighted by atomic mass is 16.5. The number of carbonyl (C=O) groups is 1. The maximum atomic E-state index is 12.6. The molecule has 0 saturated heterocycles. The SMILES string of the molecule is CCC1N(C2=CCC=CC=C2)C(C(=O)OC)=C(C)CN1c1ccccc1. The van der Waals surface area contributed by atoms with E-state index in [0.29, 0.717) is 12.2 Å². The number of hydrogen-bond donors (Lipinski definition) is 0. The molecule has 0 spiro atoms. The van der Waals surface area contributed by atoms with Crippen LogP contribution in [-0.4, -0.2) is 30.7 Å². The Labute approximate surface area is 155 Å². The molecule has 136 valence electrons. The van der Waals surface area contributed by atoms with E-state index in [0.717, 1.165) is 29.8 Å². The summed E-state index contributed by atoms with van der Waals surface area (Å²) in [6, 6.07) is 10.4. The van der Waals surface area contributed by atoms with Crippen molar-refractivity contribution in [3.8, 4) is 0 Å². The van der Waals surface area contributed by atoms with Gasteiger partial charge in [-0.05, 0) is 43.5 Å². The lowest BCUT2D eigenvalue weighted by molar-refractivity contribution is -0.138. The number of allylic oxidation sites excluding steroid dienone is 5. The number of hydrogen-bond acceptors (Lipinski definition) is 4. The maximum Gasteiger partial charge on any atom is 0.354 e. The van der Waals surface area contributed by atoms with E-state index in [4.69, 9.17) is 4.74 Å². The smallest absolute Gasteiger partial charge is 0.354 e. The van der Waals surface area contributed by atoms with Gasteiger partial charge in [0.1, 0.15) is 11.9 Å². The van der Waals surface area contributed by atoms with Gasteiger partial charge in [0.15, 0.2) is 0 Å². The number of carbonyl (C=O) groups excluding carboxylic acids is 1. The van der Waals surface area contributed by atoms with E-state index < -0.39 is 0 Å². The van der Waals surface area contributed by atoms with E-state index in [-0.39, 0.29) is 12.1 Å². The predicted octanol–water partition coefficient (Wildman–Crippen LogP) is 4.39. The molecular weight excluding hydrogens is 324 g/mol. The van der Waals surface area contributed by atoms with Crippen molar-refractivity contribution in [2.75, 3.05) is 18.6 Å². The third-order valence-electron chi connectivity index (χ3n) is 4.80. The fourth-order valence-electron chi connectivity index (χ4n) is 3.63. The first-order valence-electron chi connectivity index (χ1n) is 9.09. The van der Waals surface area contributed by atoms with Crippen LogP contribution in [0.4, 0.5) is 5.69 Å². The lowest BCUT2D eigenvalue weighted by Crippen LogP contribution is -2.53. The van der Waals surface area contributed by atoms with Crippen LogP contribution in [0.1, 0.15) is 26.7 Å². The van der Waals surface area contributed by atoms with Gasteiger partial charge in [0.25, 0.3) is 0 Å². The Morgan fingerprint density at radius 3 is 2.69 bits per heavy atom. The van der Waals surface area contributed by atoms with Crippen LogP contribution in [0.25, 0.3) is 0 Å². The normalized spacial score (nSPS) is 20.1. The lowest BCUT2D eigenvalue weighted by Gasteiger charge is -2.47. The summed E-state index contributed by atoms with van der Waals surface area (Å²) in [5, 5.41) is 0. The molecule has 0 bridgehead atoms. The highest BCUT2D eigenvalue weighted by Gasteiger charge is 2.37. The number of para-hydroxylation sites is 1. The molecule has 0 radical (unpaired) electrons. The molecule has 1 atom stereocenters. The minimum Gasteiger partial charge on any atom is -0.464 e. The number of esters is 1. The second-order valence-corrected chi connectivity index (χ2v) is 6.49. The quantitative estimate of drug-likeness (QED) is 0.754. The van der Waals surface area contributed by atoms with Gasteiger partial charge in [-0.25, -0.2) is 4.79 Å². The molecule has 4 heteroatoms. The number of ether oxygens (including phenoxy) is 1. The van der Waals surface area contributed by atoms with Crippen molar-refractivity contribution in [3.63, 3.8) is 0 Å². The molecule has 1 unspecified atom stereocenters. The average Bonchev–Trinajstić information content (AvgIpc) is 2.96. The van der Waals surface area contributed by atoms with Gasteiger partial charge in [-0.15, -0.1) is 0 Å². The van der Waals surface area contributed by atoms with Crippen molar-refractivity contribution < 1.29 is 9.53 Å². The molecule has 1 aliphatic carbocycles.